The third-order valence-electron chi connectivity index (χ3n) is 4.36. The van der Waals surface area contributed by atoms with Crippen LogP contribution in [0.1, 0.15) is 61.4 Å². The molecule has 0 amide bonds. The van der Waals surface area contributed by atoms with Crippen molar-refractivity contribution in [2.75, 3.05) is 20.6 Å². The molecule has 0 radical (unpaired) electrons. The fourth-order valence-corrected chi connectivity index (χ4v) is 3.36. The third-order valence-corrected chi connectivity index (χ3v) is 4.36. The molecule has 1 unspecified atom stereocenters. The molecule has 1 heterocycles. The van der Waals surface area contributed by atoms with Crippen molar-refractivity contribution in [2.24, 2.45) is 5.41 Å². The summed E-state index contributed by atoms with van der Waals surface area (Å²) in [5.41, 5.74) is 3.55. The second-order valence-electron chi connectivity index (χ2n) is 7.40. The maximum atomic E-state index is 12.3. The van der Waals surface area contributed by atoms with Gasteiger partial charge in [-0.2, -0.15) is 0 Å². The summed E-state index contributed by atoms with van der Waals surface area (Å²) in [6.45, 7) is 9.87. The lowest BCUT2D eigenvalue weighted by Gasteiger charge is -2.31. The Labute approximate surface area is 123 Å². The average molecular weight is 276 g/mol. The van der Waals surface area contributed by atoms with Gasteiger partial charge in [0, 0.05) is 29.4 Å². The third kappa shape index (κ3) is 2.98. The molecule has 0 bridgehead atoms. The summed E-state index contributed by atoms with van der Waals surface area (Å²) in [7, 11) is 4.22. The molecule has 1 atom stereocenters. The van der Waals surface area contributed by atoms with E-state index in [-0.39, 0.29) is 5.41 Å². The SMILES string of the molecule is Cc1cc2c(n1C(C)CCN(C)C)CC(C)(C)CC2=O. The van der Waals surface area contributed by atoms with Crippen molar-refractivity contribution in [3.63, 3.8) is 0 Å². The summed E-state index contributed by atoms with van der Waals surface area (Å²) in [6.07, 6.45) is 2.80. The van der Waals surface area contributed by atoms with Gasteiger partial charge in [0.05, 0.1) is 0 Å². The highest BCUT2D eigenvalue weighted by Gasteiger charge is 2.34. The molecule has 2 rings (SSSR count). The van der Waals surface area contributed by atoms with Crippen LogP contribution in [0, 0.1) is 12.3 Å². The smallest absolute Gasteiger partial charge is 0.165 e. The molecule has 3 nitrogen and oxygen atoms in total. The zero-order valence-corrected chi connectivity index (χ0v) is 13.8. The van der Waals surface area contributed by atoms with E-state index in [1.807, 2.05) is 0 Å². The zero-order valence-electron chi connectivity index (χ0n) is 13.8. The van der Waals surface area contributed by atoms with Crippen LogP contribution < -0.4 is 0 Å². The quantitative estimate of drug-likeness (QED) is 0.841. The number of nitrogens with zero attached hydrogens (tertiary/aromatic N) is 2. The van der Waals surface area contributed by atoms with E-state index in [9.17, 15) is 4.79 Å². The number of hydrogen-bond acceptors (Lipinski definition) is 2. The summed E-state index contributed by atoms with van der Waals surface area (Å²) in [4.78, 5) is 14.6. The van der Waals surface area contributed by atoms with Gasteiger partial charge in [0.1, 0.15) is 0 Å². The monoisotopic (exact) mass is 276 g/mol. The highest BCUT2D eigenvalue weighted by Crippen LogP contribution is 2.37. The van der Waals surface area contributed by atoms with E-state index < -0.39 is 0 Å². The Kier molecular flexibility index (Phi) is 4.10. The van der Waals surface area contributed by atoms with Gasteiger partial charge in [-0.25, -0.2) is 0 Å². The normalized spacial score (nSPS) is 19.2. The molecule has 0 saturated carbocycles. The lowest BCUT2D eigenvalue weighted by molar-refractivity contribution is 0.0909. The van der Waals surface area contributed by atoms with E-state index in [2.05, 4.69) is 57.3 Å². The molecular formula is C17H28N2O. The van der Waals surface area contributed by atoms with Crippen LogP contribution in [0.15, 0.2) is 6.07 Å². The Morgan fingerprint density at radius 3 is 2.60 bits per heavy atom. The van der Waals surface area contributed by atoms with Gasteiger partial charge in [-0.3, -0.25) is 4.79 Å². The highest BCUT2D eigenvalue weighted by atomic mass is 16.1. The fraction of sp³-hybridized carbons (Fsp3) is 0.706. The Hall–Kier alpha value is -1.09. The minimum Gasteiger partial charge on any atom is -0.345 e. The molecule has 0 spiro atoms. The number of hydrogen-bond donors (Lipinski definition) is 0. The van der Waals surface area contributed by atoms with Crippen molar-refractivity contribution in [1.82, 2.24) is 9.47 Å². The van der Waals surface area contributed by atoms with Crippen LogP contribution in [0.3, 0.4) is 0 Å². The van der Waals surface area contributed by atoms with Crippen molar-refractivity contribution >= 4 is 5.78 Å². The first-order valence-electron chi connectivity index (χ1n) is 7.60. The number of rotatable bonds is 4. The van der Waals surface area contributed by atoms with E-state index in [4.69, 9.17) is 0 Å². The Morgan fingerprint density at radius 2 is 2.00 bits per heavy atom. The number of aromatic nitrogens is 1. The van der Waals surface area contributed by atoms with Crippen LogP contribution in [0.25, 0.3) is 0 Å². The molecule has 112 valence electrons. The predicted octanol–water partition coefficient (Wildman–Crippen LogP) is 3.46. The topological polar surface area (TPSA) is 25.2 Å². The maximum absolute atomic E-state index is 12.3. The zero-order chi connectivity index (χ0) is 15.1. The van der Waals surface area contributed by atoms with Gasteiger partial charge in [-0.05, 0) is 58.8 Å². The molecule has 0 N–H and O–H groups in total. The molecule has 1 aliphatic carbocycles. The van der Waals surface area contributed by atoms with Crippen LogP contribution in [0.4, 0.5) is 0 Å². The first-order chi connectivity index (χ1) is 9.21. The number of fused-ring (bicyclic) bond motifs is 1. The Morgan fingerprint density at radius 1 is 1.35 bits per heavy atom. The van der Waals surface area contributed by atoms with Crippen molar-refractivity contribution in [3.8, 4) is 0 Å². The van der Waals surface area contributed by atoms with Gasteiger partial charge in [0.2, 0.25) is 0 Å². The van der Waals surface area contributed by atoms with Gasteiger partial charge in [0.15, 0.2) is 5.78 Å². The Balaban J connectivity index is 2.33. The molecule has 1 aromatic heterocycles. The van der Waals surface area contributed by atoms with Crippen LogP contribution in [-0.2, 0) is 6.42 Å². The standard InChI is InChI=1S/C17H28N2O/c1-12(7-8-18(5)6)19-13(2)9-14-15(19)10-17(3,4)11-16(14)20/h9,12H,7-8,10-11H2,1-6H3. The van der Waals surface area contributed by atoms with Crippen LogP contribution in [0.5, 0.6) is 0 Å². The van der Waals surface area contributed by atoms with Crippen LogP contribution in [-0.4, -0.2) is 35.9 Å². The van der Waals surface area contributed by atoms with Gasteiger partial charge >= 0.3 is 0 Å². The van der Waals surface area contributed by atoms with Crippen LogP contribution >= 0.6 is 0 Å². The van der Waals surface area contributed by atoms with E-state index in [0.29, 0.717) is 18.2 Å². The number of Topliss-reactive ketones (excluding diaryl/α,β-unsaturated/α-hetero) is 1. The van der Waals surface area contributed by atoms with Crippen molar-refractivity contribution in [1.29, 1.82) is 0 Å². The maximum Gasteiger partial charge on any atom is 0.165 e. The number of aryl methyl sites for hydroxylation is 1. The largest absolute Gasteiger partial charge is 0.345 e. The first-order valence-corrected chi connectivity index (χ1v) is 7.60. The second-order valence-corrected chi connectivity index (χ2v) is 7.40. The average Bonchev–Trinajstić information content (AvgIpc) is 2.61. The van der Waals surface area contributed by atoms with E-state index in [1.165, 1.54) is 11.4 Å². The molecule has 0 aromatic carbocycles. The summed E-state index contributed by atoms with van der Waals surface area (Å²) < 4.78 is 2.40. The van der Waals surface area contributed by atoms with Crippen molar-refractivity contribution in [2.45, 2.75) is 53.0 Å². The first kappa shape index (κ1) is 15.3. The van der Waals surface area contributed by atoms with Gasteiger partial charge in [-0.1, -0.05) is 13.8 Å². The molecule has 20 heavy (non-hydrogen) atoms. The molecule has 1 aliphatic rings. The number of carbonyl (C=O) groups is 1. The summed E-state index contributed by atoms with van der Waals surface area (Å²) in [6, 6.07) is 2.54. The van der Waals surface area contributed by atoms with Gasteiger partial charge in [0.25, 0.3) is 0 Å². The second kappa shape index (κ2) is 5.36. The summed E-state index contributed by atoms with van der Waals surface area (Å²) in [5.74, 6) is 0.318. The lowest BCUT2D eigenvalue weighted by Crippen LogP contribution is -2.29. The number of carbonyl (C=O) groups excluding carboxylic acids is 1. The summed E-state index contributed by atoms with van der Waals surface area (Å²) in [5, 5.41) is 0. The van der Waals surface area contributed by atoms with E-state index in [1.54, 1.807) is 0 Å². The highest BCUT2D eigenvalue weighted by molar-refractivity contribution is 5.99. The molecule has 0 fully saturated rings. The lowest BCUT2D eigenvalue weighted by atomic mass is 9.76. The van der Waals surface area contributed by atoms with E-state index in [0.717, 1.165) is 24.9 Å². The van der Waals surface area contributed by atoms with Crippen molar-refractivity contribution < 1.29 is 4.79 Å². The molecule has 1 aromatic rings. The van der Waals surface area contributed by atoms with Gasteiger partial charge < -0.3 is 9.47 Å². The summed E-state index contributed by atoms with van der Waals surface area (Å²) >= 11 is 0. The predicted molar refractivity (Wildman–Crippen MR) is 83.5 cm³/mol. The molecular weight excluding hydrogens is 248 g/mol. The molecule has 0 saturated heterocycles. The van der Waals surface area contributed by atoms with Crippen molar-refractivity contribution in [3.05, 3.63) is 23.0 Å². The Bertz CT molecular complexity index is 511. The fourth-order valence-electron chi connectivity index (χ4n) is 3.36. The minimum atomic E-state index is 0.0912. The number of ketones is 1. The minimum absolute atomic E-state index is 0.0912. The van der Waals surface area contributed by atoms with Gasteiger partial charge in [-0.15, -0.1) is 0 Å². The van der Waals surface area contributed by atoms with E-state index >= 15 is 0 Å². The van der Waals surface area contributed by atoms with Crippen LogP contribution in [0.2, 0.25) is 0 Å². The molecule has 0 aliphatic heterocycles. The molecule has 3 heteroatoms.